The van der Waals surface area contributed by atoms with Crippen molar-refractivity contribution in [3.63, 3.8) is 0 Å². The summed E-state index contributed by atoms with van der Waals surface area (Å²) in [6.07, 6.45) is 0. The van der Waals surface area contributed by atoms with Crippen molar-refractivity contribution >= 4 is 44.2 Å². The minimum absolute atomic E-state index is 0. The fourth-order valence-electron chi connectivity index (χ4n) is 0.0704. The second-order valence-electron chi connectivity index (χ2n) is 0.696. The molecule has 4 nitrogen and oxygen atoms in total. The number of carbonyl (C=O) groups excluding carboxylic acids is 1. The van der Waals surface area contributed by atoms with Crippen LogP contribution in [-0.4, -0.2) is 47.2 Å². The Kier molecular flexibility index (Phi) is 10.7. The number of aliphatic hydroxyl groups is 1. The fourth-order valence-corrected chi connectivity index (χ4v) is 0.211. The van der Waals surface area contributed by atoms with E-state index in [1.807, 2.05) is 0 Å². The van der Waals surface area contributed by atoms with E-state index in [1.165, 1.54) is 0 Å². The SMILES string of the molecule is O=POC(=O)CO.[NaH]. The Morgan fingerprint density at radius 3 is 2.38 bits per heavy atom. The standard InChI is InChI=1S/C2H3O4P.Na.H/c3-1-2(4)6-7-5;;/h3H,1H2;;. The zero-order chi connectivity index (χ0) is 5.70. The van der Waals surface area contributed by atoms with Crippen LogP contribution in [0.1, 0.15) is 0 Å². The van der Waals surface area contributed by atoms with Gasteiger partial charge in [-0.15, -0.1) is 0 Å². The van der Waals surface area contributed by atoms with Gasteiger partial charge in [-0.3, -0.25) is 0 Å². The molecule has 0 fully saturated rings. The number of aliphatic hydroxyl groups excluding tert-OH is 1. The van der Waals surface area contributed by atoms with Crippen LogP contribution in [0.15, 0.2) is 0 Å². The van der Waals surface area contributed by atoms with Gasteiger partial charge in [0.05, 0.1) is 0 Å². The van der Waals surface area contributed by atoms with Crippen LogP contribution in [0.2, 0.25) is 0 Å². The van der Waals surface area contributed by atoms with Crippen LogP contribution in [0.3, 0.4) is 0 Å². The van der Waals surface area contributed by atoms with E-state index in [0.717, 1.165) is 0 Å². The van der Waals surface area contributed by atoms with Crippen LogP contribution in [0.4, 0.5) is 0 Å². The maximum atomic E-state index is 9.73. The Labute approximate surface area is 69.8 Å². The molecule has 0 aromatic heterocycles. The summed E-state index contributed by atoms with van der Waals surface area (Å²) in [5, 5.41) is 7.85. The topological polar surface area (TPSA) is 63.6 Å². The molecule has 0 atom stereocenters. The second-order valence-corrected chi connectivity index (χ2v) is 1.03. The third kappa shape index (κ3) is 6.53. The van der Waals surface area contributed by atoms with Gasteiger partial charge in [0, 0.05) is 0 Å². The summed E-state index contributed by atoms with van der Waals surface area (Å²) in [5.41, 5.74) is 0. The predicted molar refractivity (Wildman–Crippen MR) is 27.9 cm³/mol. The van der Waals surface area contributed by atoms with Crippen LogP contribution in [0, 0.1) is 0 Å². The predicted octanol–water partition coefficient (Wildman–Crippen LogP) is -0.920. The molecule has 0 radical (unpaired) electrons. The van der Waals surface area contributed by atoms with Crippen molar-refractivity contribution in [3.05, 3.63) is 0 Å². The summed E-state index contributed by atoms with van der Waals surface area (Å²) in [6.45, 7) is -0.727. The van der Waals surface area contributed by atoms with Crippen LogP contribution < -0.4 is 0 Å². The Hall–Kier alpha value is 0.530. The van der Waals surface area contributed by atoms with Gasteiger partial charge in [0.2, 0.25) is 0 Å². The molecular formula is C2H4NaO4P. The van der Waals surface area contributed by atoms with Gasteiger partial charge in [-0.2, -0.15) is 0 Å². The Morgan fingerprint density at radius 2 is 2.25 bits per heavy atom. The van der Waals surface area contributed by atoms with Crippen molar-refractivity contribution < 1.29 is 19.0 Å². The summed E-state index contributed by atoms with van der Waals surface area (Å²) in [7, 11) is -0.720. The zero-order valence-electron chi connectivity index (χ0n) is 3.33. The van der Waals surface area contributed by atoms with Crippen LogP contribution in [0.25, 0.3) is 0 Å². The molecule has 0 aromatic rings. The van der Waals surface area contributed by atoms with Gasteiger partial charge in [0.1, 0.15) is 6.61 Å². The molecule has 1 N–H and O–H groups in total. The van der Waals surface area contributed by atoms with Gasteiger partial charge in [-0.25, -0.2) is 9.36 Å². The first-order chi connectivity index (χ1) is 3.31. The van der Waals surface area contributed by atoms with E-state index in [4.69, 9.17) is 5.11 Å². The molecule has 0 amide bonds. The Morgan fingerprint density at radius 1 is 1.75 bits per heavy atom. The first-order valence-corrected chi connectivity index (χ1v) is 2.17. The zero-order valence-corrected chi connectivity index (χ0v) is 4.22. The Bertz CT molecular complexity index is 84.1. The van der Waals surface area contributed by atoms with E-state index in [0.29, 0.717) is 0 Å². The number of carbonyl (C=O) groups is 1. The molecule has 6 heteroatoms. The van der Waals surface area contributed by atoms with Crippen molar-refractivity contribution in [2.75, 3.05) is 6.61 Å². The molecule has 0 aliphatic rings. The van der Waals surface area contributed by atoms with Gasteiger partial charge >= 0.3 is 44.2 Å². The average Bonchev–Trinajstić information content (AvgIpc) is 1.68. The van der Waals surface area contributed by atoms with Crippen LogP contribution in [-0.2, 0) is 13.9 Å². The van der Waals surface area contributed by atoms with Gasteiger partial charge in [-0.1, -0.05) is 0 Å². The van der Waals surface area contributed by atoms with Crippen molar-refractivity contribution in [1.82, 2.24) is 0 Å². The van der Waals surface area contributed by atoms with Gasteiger partial charge in [-0.05, 0) is 0 Å². The minimum atomic E-state index is -0.892. The molecule has 0 saturated carbocycles. The molecule has 0 heterocycles. The quantitative estimate of drug-likeness (QED) is 0.404. The van der Waals surface area contributed by atoms with Crippen molar-refractivity contribution in [2.24, 2.45) is 0 Å². The average molecular weight is 146 g/mol. The van der Waals surface area contributed by atoms with Crippen molar-refractivity contribution in [2.45, 2.75) is 0 Å². The molecule has 42 valence electrons. The van der Waals surface area contributed by atoms with Crippen molar-refractivity contribution in [3.8, 4) is 0 Å². The molecule has 0 rings (SSSR count). The summed E-state index contributed by atoms with van der Waals surface area (Å²) >= 11 is 0. The van der Waals surface area contributed by atoms with Gasteiger partial charge < -0.3 is 9.63 Å². The van der Waals surface area contributed by atoms with E-state index in [9.17, 15) is 9.36 Å². The van der Waals surface area contributed by atoms with Crippen LogP contribution in [0.5, 0.6) is 0 Å². The van der Waals surface area contributed by atoms with Crippen LogP contribution >= 0.6 is 8.69 Å². The number of rotatable bonds is 2. The molecule has 0 aliphatic carbocycles. The summed E-state index contributed by atoms with van der Waals surface area (Å²) in [5.74, 6) is -0.892. The molecule has 0 saturated heterocycles. The molecule has 0 spiro atoms. The molecule has 0 aliphatic heterocycles. The van der Waals surface area contributed by atoms with E-state index in [-0.39, 0.29) is 29.6 Å². The van der Waals surface area contributed by atoms with Crippen molar-refractivity contribution in [1.29, 1.82) is 0 Å². The number of hydrogen-bond acceptors (Lipinski definition) is 4. The normalized spacial score (nSPS) is 7.62. The first kappa shape index (κ1) is 11.3. The molecule has 0 unspecified atom stereocenters. The summed E-state index contributed by atoms with van der Waals surface area (Å²) in [6, 6.07) is 0. The third-order valence-corrected chi connectivity index (χ3v) is 0.546. The van der Waals surface area contributed by atoms with E-state index >= 15 is 0 Å². The first-order valence-electron chi connectivity index (χ1n) is 1.44. The monoisotopic (exact) mass is 146 g/mol. The van der Waals surface area contributed by atoms with E-state index in [2.05, 4.69) is 4.52 Å². The van der Waals surface area contributed by atoms with E-state index < -0.39 is 21.3 Å². The maximum absolute atomic E-state index is 9.73. The molecule has 8 heavy (non-hydrogen) atoms. The second kappa shape index (κ2) is 7.53. The van der Waals surface area contributed by atoms with Gasteiger partial charge in [0.15, 0.2) is 0 Å². The van der Waals surface area contributed by atoms with Gasteiger partial charge in [0.25, 0.3) is 0 Å². The third-order valence-electron chi connectivity index (χ3n) is 0.268. The number of hydrogen-bond donors (Lipinski definition) is 1. The molecule has 0 aromatic carbocycles. The van der Waals surface area contributed by atoms with E-state index in [1.54, 1.807) is 0 Å². The molecular weight excluding hydrogens is 142 g/mol. The Balaban J connectivity index is 0. The summed E-state index contributed by atoms with van der Waals surface area (Å²) in [4.78, 5) is 9.73. The summed E-state index contributed by atoms with van der Waals surface area (Å²) < 4.78 is 13.0. The fraction of sp³-hybridized carbons (Fsp3) is 0.500. The molecule has 0 bridgehead atoms.